The summed E-state index contributed by atoms with van der Waals surface area (Å²) in [6, 6.07) is 13.7. The molecule has 0 radical (unpaired) electrons. The first-order valence-corrected chi connectivity index (χ1v) is 10.8. The second kappa shape index (κ2) is 6.84. The van der Waals surface area contributed by atoms with Crippen LogP contribution < -0.4 is 0 Å². The number of Topliss-reactive ketones (excluding diaryl/α,β-unsaturated/α-hetero) is 2. The van der Waals surface area contributed by atoms with Crippen molar-refractivity contribution in [1.82, 2.24) is 0 Å². The van der Waals surface area contributed by atoms with Crippen molar-refractivity contribution in [3.8, 4) is 11.1 Å². The van der Waals surface area contributed by atoms with Crippen molar-refractivity contribution in [3.63, 3.8) is 0 Å². The van der Waals surface area contributed by atoms with Crippen LogP contribution in [0.4, 0.5) is 0 Å². The van der Waals surface area contributed by atoms with Crippen LogP contribution in [0.5, 0.6) is 0 Å². The van der Waals surface area contributed by atoms with Gasteiger partial charge in [0.15, 0.2) is 5.78 Å². The predicted molar refractivity (Wildman–Crippen MR) is 114 cm³/mol. The van der Waals surface area contributed by atoms with Crippen LogP contribution in [0.15, 0.2) is 48.2 Å². The molecule has 0 amide bonds. The maximum atomic E-state index is 13.5. The van der Waals surface area contributed by atoms with Gasteiger partial charge in [0.2, 0.25) is 0 Å². The smallest absolute Gasteiger partial charge is 0.171 e. The Bertz CT molecular complexity index is 1050. The molecule has 4 heteroatoms. The Morgan fingerprint density at radius 2 is 1.72 bits per heavy atom. The number of benzene rings is 2. The second-order valence-electron chi connectivity index (χ2n) is 8.52. The fourth-order valence-electron chi connectivity index (χ4n) is 5.71. The molecule has 6 rings (SSSR count). The van der Waals surface area contributed by atoms with Crippen LogP contribution in [-0.4, -0.2) is 16.7 Å². The summed E-state index contributed by atoms with van der Waals surface area (Å²) in [5.74, 6) is -0.296. The van der Waals surface area contributed by atoms with Crippen molar-refractivity contribution in [3.05, 3.63) is 64.4 Å². The molecule has 0 heterocycles. The fourth-order valence-corrected chi connectivity index (χ4v) is 5.83. The Balaban J connectivity index is 1.63. The van der Waals surface area contributed by atoms with Gasteiger partial charge in [0.05, 0.1) is 5.57 Å². The standard InChI is InChI=1S/C25H23ClO3/c1-2-13-3-4-15(14-5-8-17(26)9-6-14)11-19(13)23-24(28)21-16-7-10-18(20(27)12-16)22(21)25(23)29/h3-6,8-9,11,16,18,21-22,28H,2,7,10,12H2,1H3/t16-,18+,21+,22-/m1/s1. The first-order chi connectivity index (χ1) is 14.0. The van der Waals surface area contributed by atoms with Gasteiger partial charge < -0.3 is 5.11 Å². The lowest BCUT2D eigenvalue weighted by Crippen LogP contribution is -2.46. The van der Waals surface area contributed by atoms with Crippen LogP contribution >= 0.6 is 11.6 Å². The van der Waals surface area contributed by atoms with Crippen molar-refractivity contribution in [2.24, 2.45) is 23.7 Å². The maximum absolute atomic E-state index is 13.5. The summed E-state index contributed by atoms with van der Waals surface area (Å²) >= 11 is 6.02. The molecular weight excluding hydrogens is 384 g/mol. The lowest BCUT2D eigenvalue weighted by molar-refractivity contribution is -0.141. The zero-order valence-electron chi connectivity index (χ0n) is 16.3. The Kier molecular flexibility index (Phi) is 4.40. The number of carbonyl (C=O) groups is 2. The third-order valence-corrected chi connectivity index (χ3v) is 7.36. The number of rotatable bonds is 3. The van der Waals surface area contributed by atoms with E-state index in [2.05, 4.69) is 6.92 Å². The van der Waals surface area contributed by atoms with Crippen LogP contribution in [0.3, 0.4) is 0 Å². The van der Waals surface area contributed by atoms with Crippen LogP contribution in [0, 0.1) is 23.7 Å². The Hall–Kier alpha value is -2.39. The molecule has 0 saturated heterocycles. The van der Waals surface area contributed by atoms with E-state index < -0.39 is 0 Å². The minimum atomic E-state index is -0.367. The molecular formula is C25H23ClO3. The van der Waals surface area contributed by atoms with Gasteiger partial charge in [0.1, 0.15) is 11.5 Å². The van der Waals surface area contributed by atoms with E-state index in [1.54, 1.807) is 0 Å². The first kappa shape index (κ1) is 18.6. The molecule has 1 N–H and O–H groups in total. The summed E-state index contributed by atoms with van der Waals surface area (Å²) in [5, 5.41) is 11.8. The van der Waals surface area contributed by atoms with E-state index in [0.29, 0.717) is 17.0 Å². The Morgan fingerprint density at radius 1 is 1.00 bits per heavy atom. The molecule has 0 spiro atoms. The SMILES string of the molecule is CCc1ccc(-c2ccc(Cl)cc2)cc1C1=C(O)[C@H]2[C@@H]3CC[C@@H](C(=O)C3)[C@H]2C1=O. The quantitative estimate of drug-likeness (QED) is 0.716. The number of allylic oxidation sites excluding steroid dienone is 2. The monoisotopic (exact) mass is 406 g/mol. The van der Waals surface area contributed by atoms with Crippen molar-refractivity contribution < 1.29 is 14.7 Å². The summed E-state index contributed by atoms with van der Waals surface area (Å²) < 4.78 is 0. The summed E-state index contributed by atoms with van der Waals surface area (Å²) in [5.41, 5.74) is 4.28. The average molecular weight is 407 g/mol. The highest BCUT2D eigenvalue weighted by Gasteiger charge is 2.57. The van der Waals surface area contributed by atoms with Gasteiger partial charge in [-0.3, -0.25) is 9.59 Å². The van der Waals surface area contributed by atoms with Gasteiger partial charge in [0, 0.05) is 29.2 Å². The molecule has 2 aromatic rings. The maximum Gasteiger partial charge on any atom is 0.171 e. The van der Waals surface area contributed by atoms with E-state index in [9.17, 15) is 14.7 Å². The largest absolute Gasteiger partial charge is 0.511 e. The zero-order chi connectivity index (χ0) is 20.3. The highest BCUT2D eigenvalue weighted by atomic mass is 35.5. The summed E-state index contributed by atoms with van der Waals surface area (Å²) in [4.78, 5) is 25.9. The topological polar surface area (TPSA) is 54.4 Å². The number of halogens is 1. The van der Waals surface area contributed by atoms with Crippen LogP contribution in [0.2, 0.25) is 5.02 Å². The molecule has 29 heavy (non-hydrogen) atoms. The van der Waals surface area contributed by atoms with Crippen molar-refractivity contribution in [2.45, 2.75) is 32.6 Å². The fraction of sp³-hybridized carbons (Fsp3) is 0.360. The predicted octanol–water partition coefficient (Wildman–Crippen LogP) is 5.65. The summed E-state index contributed by atoms with van der Waals surface area (Å²) in [6.07, 6.45) is 2.97. The number of aliphatic hydroxyl groups excluding tert-OH is 1. The van der Waals surface area contributed by atoms with Gasteiger partial charge in [-0.25, -0.2) is 0 Å². The van der Waals surface area contributed by atoms with Crippen molar-refractivity contribution >= 4 is 28.7 Å². The van der Waals surface area contributed by atoms with E-state index in [1.165, 1.54) is 0 Å². The molecule has 3 saturated carbocycles. The molecule has 0 unspecified atom stereocenters. The molecule has 148 valence electrons. The highest BCUT2D eigenvalue weighted by molar-refractivity contribution is 6.30. The lowest BCUT2D eigenvalue weighted by Gasteiger charge is -2.43. The van der Waals surface area contributed by atoms with Crippen molar-refractivity contribution in [2.75, 3.05) is 0 Å². The van der Waals surface area contributed by atoms with E-state index >= 15 is 0 Å². The van der Waals surface area contributed by atoms with E-state index in [0.717, 1.165) is 41.5 Å². The third kappa shape index (κ3) is 2.78. The van der Waals surface area contributed by atoms with Crippen molar-refractivity contribution in [1.29, 1.82) is 0 Å². The van der Waals surface area contributed by atoms with Gasteiger partial charge in [-0.2, -0.15) is 0 Å². The van der Waals surface area contributed by atoms with Gasteiger partial charge in [-0.05, 0) is 65.6 Å². The molecule has 3 nitrogen and oxygen atoms in total. The van der Waals surface area contributed by atoms with Gasteiger partial charge in [-0.15, -0.1) is 0 Å². The first-order valence-electron chi connectivity index (χ1n) is 10.4. The molecule has 4 aliphatic rings. The average Bonchev–Trinajstić information content (AvgIpc) is 3.00. The lowest BCUT2D eigenvalue weighted by atomic mass is 9.58. The van der Waals surface area contributed by atoms with Crippen LogP contribution in [-0.2, 0) is 16.0 Å². The number of hydrogen-bond donors (Lipinski definition) is 1. The molecule has 0 aromatic heterocycles. The number of carbonyl (C=O) groups excluding carboxylic acids is 2. The highest BCUT2D eigenvalue weighted by Crippen LogP contribution is 2.56. The Morgan fingerprint density at radius 3 is 2.41 bits per heavy atom. The minimum absolute atomic E-state index is 0.0433. The molecule has 2 bridgehead atoms. The second-order valence-corrected chi connectivity index (χ2v) is 8.96. The zero-order valence-corrected chi connectivity index (χ0v) is 17.1. The molecule has 4 atom stereocenters. The summed E-state index contributed by atoms with van der Waals surface area (Å²) in [7, 11) is 0. The van der Waals surface area contributed by atoms with Gasteiger partial charge in [0.25, 0.3) is 0 Å². The summed E-state index contributed by atoms with van der Waals surface area (Å²) in [6.45, 7) is 2.05. The van der Waals surface area contributed by atoms with Crippen LogP contribution in [0.1, 0.15) is 37.3 Å². The number of hydrogen-bond acceptors (Lipinski definition) is 3. The molecule has 2 aromatic carbocycles. The number of ketones is 2. The number of fused-ring (bicyclic) bond motifs is 2. The van der Waals surface area contributed by atoms with Gasteiger partial charge in [-0.1, -0.05) is 42.8 Å². The van der Waals surface area contributed by atoms with E-state index in [4.69, 9.17) is 11.6 Å². The van der Waals surface area contributed by atoms with E-state index in [-0.39, 0.29) is 41.0 Å². The molecule has 0 aliphatic heterocycles. The van der Waals surface area contributed by atoms with Gasteiger partial charge >= 0.3 is 0 Å². The molecule has 4 aliphatic carbocycles. The number of aryl methyl sites for hydroxylation is 1. The minimum Gasteiger partial charge on any atom is -0.511 e. The number of aliphatic hydroxyl groups is 1. The third-order valence-electron chi connectivity index (χ3n) is 7.11. The molecule has 3 fully saturated rings. The normalized spacial score (nSPS) is 28.2. The van der Waals surface area contributed by atoms with Crippen LogP contribution in [0.25, 0.3) is 16.7 Å². The Labute approximate surface area is 175 Å². The van der Waals surface area contributed by atoms with E-state index in [1.807, 2.05) is 42.5 Å².